The summed E-state index contributed by atoms with van der Waals surface area (Å²) < 4.78 is 19.6. The van der Waals surface area contributed by atoms with E-state index in [1.54, 1.807) is 38.1 Å². The Balaban J connectivity index is 1.57. The summed E-state index contributed by atoms with van der Waals surface area (Å²) in [5.41, 5.74) is 4.32. The summed E-state index contributed by atoms with van der Waals surface area (Å²) in [7, 11) is 0. The van der Waals surface area contributed by atoms with Crippen LogP contribution in [0.25, 0.3) is 0 Å². The fourth-order valence-corrected chi connectivity index (χ4v) is 3.79. The summed E-state index contributed by atoms with van der Waals surface area (Å²) in [6.45, 7) is 3.93. The Morgan fingerprint density at radius 2 is 1.83 bits per heavy atom. The van der Waals surface area contributed by atoms with Crippen LogP contribution in [0.5, 0.6) is 5.75 Å². The fraction of sp³-hybridized carbons (Fsp3) is 0.192. The zero-order chi connectivity index (χ0) is 25.4. The summed E-state index contributed by atoms with van der Waals surface area (Å²) in [4.78, 5) is 25.1. The van der Waals surface area contributed by atoms with Gasteiger partial charge in [0, 0.05) is 16.1 Å². The van der Waals surface area contributed by atoms with E-state index in [2.05, 4.69) is 31.8 Å². The lowest BCUT2D eigenvalue weighted by molar-refractivity contribution is -0.123. The van der Waals surface area contributed by atoms with Crippen molar-refractivity contribution >= 4 is 45.6 Å². The van der Waals surface area contributed by atoms with E-state index in [0.29, 0.717) is 21.9 Å². The van der Waals surface area contributed by atoms with Gasteiger partial charge in [-0.3, -0.25) is 9.59 Å². The van der Waals surface area contributed by atoms with Crippen molar-refractivity contribution in [1.82, 2.24) is 10.7 Å². The highest BCUT2D eigenvalue weighted by atomic mass is 79.9. The highest BCUT2D eigenvalue weighted by Gasteiger charge is 2.24. The first-order chi connectivity index (χ1) is 16.7. The predicted molar refractivity (Wildman–Crippen MR) is 138 cm³/mol. The van der Waals surface area contributed by atoms with Gasteiger partial charge in [-0.2, -0.15) is 5.10 Å². The highest BCUT2D eigenvalue weighted by Crippen LogP contribution is 2.27. The van der Waals surface area contributed by atoms with E-state index in [1.807, 2.05) is 18.2 Å². The molecule has 3 aromatic rings. The largest absolute Gasteiger partial charge is 0.488 e. The topological polar surface area (TPSA) is 79.8 Å². The van der Waals surface area contributed by atoms with Crippen LogP contribution in [-0.4, -0.2) is 24.1 Å². The van der Waals surface area contributed by atoms with Crippen LogP contribution in [0.3, 0.4) is 0 Å². The molecule has 2 amide bonds. The van der Waals surface area contributed by atoms with Crippen molar-refractivity contribution in [3.8, 4) is 5.75 Å². The monoisotopic (exact) mass is 559 g/mol. The van der Waals surface area contributed by atoms with Gasteiger partial charge in [0.25, 0.3) is 11.8 Å². The molecule has 0 aliphatic rings. The molecule has 1 atom stereocenters. The Labute approximate surface area is 216 Å². The molecule has 0 heterocycles. The van der Waals surface area contributed by atoms with E-state index >= 15 is 0 Å². The molecule has 2 N–H and O–H groups in total. The van der Waals surface area contributed by atoms with Gasteiger partial charge in [0.1, 0.15) is 24.2 Å². The van der Waals surface area contributed by atoms with Gasteiger partial charge in [-0.15, -0.1) is 0 Å². The van der Waals surface area contributed by atoms with Crippen LogP contribution < -0.4 is 15.5 Å². The van der Waals surface area contributed by atoms with Crippen LogP contribution >= 0.6 is 27.5 Å². The second kappa shape index (κ2) is 12.5. The van der Waals surface area contributed by atoms with Crippen molar-refractivity contribution in [2.75, 3.05) is 0 Å². The van der Waals surface area contributed by atoms with Gasteiger partial charge in [-0.05, 0) is 75.9 Å². The summed E-state index contributed by atoms with van der Waals surface area (Å²) in [6.07, 6.45) is 1.49. The van der Waals surface area contributed by atoms with Gasteiger partial charge in [-0.25, -0.2) is 9.82 Å². The first kappa shape index (κ1) is 26.4. The third-order valence-electron chi connectivity index (χ3n) is 5.03. The number of hydrogen-bond donors (Lipinski definition) is 2. The van der Waals surface area contributed by atoms with Crippen molar-refractivity contribution in [2.45, 2.75) is 26.5 Å². The molecule has 3 aromatic carbocycles. The molecule has 0 radical (unpaired) electrons. The van der Waals surface area contributed by atoms with Crippen LogP contribution in [0, 0.1) is 11.7 Å². The molecule has 0 aliphatic heterocycles. The van der Waals surface area contributed by atoms with E-state index in [1.165, 1.54) is 30.5 Å². The van der Waals surface area contributed by atoms with Crippen molar-refractivity contribution in [3.63, 3.8) is 0 Å². The smallest absolute Gasteiger partial charge is 0.262 e. The van der Waals surface area contributed by atoms with Gasteiger partial charge in [-0.1, -0.05) is 43.6 Å². The average Bonchev–Trinajstić information content (AvgIpc) is 2.83. The second-order valence-corrected chi connectivity index (χ2v) is 9.27. The van der Waals surface area contributed by atoms with Crippen molar-refractivity contribution in [2.24, 2.45) is 11.0 Å². The zero-order valence-corrected chi connectivity index (χ0v) is 21.4. The molecule has 6 nitrogen and oxygen atoms in total. The van der Waals surface area contributed by atoms with E-state index in [-0.39, 0.29) is 11.5 Å². The molecule has 9 heteroatoms. The number of nitrogens with zero attached hydrogens (tertiary/aromatic N) is 1. The number of halogens is 3. The molecule has 0 saturated carbocycles. The first-order valence-corrected chi connectivity index (χ1v) is 12.0. The molecule has 35 heavy (non-hydrogen) atoms. The number of nitrogens with one attached hydrogen (secondary N) is 2. The number of hydrogen-bond acceptors (Lipinski definition) is 4. The third kappa shape index (κ3) is 7.63. The molecule has 0 aromatic heterocycles. The van der Waals surface area contributed by atoms with Gasteiger partial charge >= 0.3 is 0 Å². The lowest BCUT2D eigenvalue weighted by Crippen LogP contribution is -2.48. The Kier molecular flexibility index (Phi) is 9.39. The molecule has 182 valence electrons. The number of amides is 2. The quantitative estimate of drug-likeness (QED) is 0.259. The van der Waals surface area contributed by atoms with Gasteiger partial charge in [0.2, 0.25) is 0 Å². The summed E-state index contributed by atoms with van der Waals surface area (Å²) in [5.74, 6) is -0.946. The molecule has 0 bridgehead atoms. The maximum absolute atomic E-state index is 13.1. The van der Waals surface area contributed by atoms with Crippen molar-refractivity contribution < 1.29 is 18.7 Å². The molecule has 0 spiro atoms. The van der Waals surface area contributed by atoms with E-state index < -0.39 is 23.7 Å². The van der Waals surface area contributed by atoms with Crippen LogP contribution in [0.4, 0.5) is 4.39 Å². The predicted octanol–water partition coefficient (Wildman–Crippen LogP) is 5.73. The lowest BCUT2D eigenvalue weighted by atomic mass is 10.0. The lowest BCUT2D eigenvalue weighted by Gasteiger charge is -2.20. The molecule has 0 fully saturated rings. The van der Waals surface area contributed by atoms with E-state index in [0.717, 1.165) is 11.1 Å². The second-order valence-electron chi connectivity index (χ2n) is 8.01. The normalized spacial score (nSPS) is 11.9. The SMILES string of the molecule is CC(C)C(NC(=O)c1ccc(F)cc1)C(=O)NN=Cc1ccc(OCc2ccccc2Cl)c(Br)c1. The molecule has 3 rings (SSSR count). The van der Waals surface area contributed by atoms with Crippen LogP contribution in [0.1, 0.15) is 35.3 Å². The summed E-state index contributed by atoms with van der Waals surface area (Å²) in [5, 5.41) is 7.31. The third-order valence-corrected chi connectivity index (χ3v) is 6.02. The molecular formula is C26H24BrClFN3O3. The summed E-state index contributed by atoms with van der Waals surface area (Å²) >= 11 is 9.64. The number of benzene rings is 3. The molecule has 0 aliphatic carbocycles. The van der Waals surface area contributed by atoms with Crippen LogP contribution in [-0.2, 0) is 11.4 Å². The van der Waals surface area contributed by atoms with Gasteiger partial charge in [0.05, 0.1) is 10.7 Å². The first-order valence-electron chi connectivity index (χ1n) is 10.8. The minimum absolute atomic E-state index is 0.196. The minimum Gasteiger partial charge on any atom is -0.488 e. The number of hydrazone groups is 1. The van der Waals surface area contributed by atoms with Crippen molar-refractivity contribution in [1.29, 1.82) is 0 Å². The Bertz CT molecular complexity index is 1220. The molecule has 1 unspecified atom stereocenters. The number of carbonyl (C=O) groups excluding carboxylic acids is 2. The van der Waals surface area contributed by atoms with Crippen molar-refractivity contribution in [3.05, 3.63) is 98.7 Å². The maximum atomic E-state index is 13.1. The Hall–Kier alpha value is -3.23. The van der Waals surface area contributed by atoms with Crippen LogP contribution in [0.15, 0.2) is 76.3 Å². The molecule has 0 saturated heterocycles. The van der Waals surface area contributed by atoms with Gasteiger partial charge in [0.15, 0.2) is 0 Å². The minimum atomic E-state index is -0.822. The summed E-state index contributed by atoms with van der Waals surface area (Å²) in [6, 6.07) is 17.1. The average molecular weight is 561 g/mol. The fourth-order valence-electron chi connectivity index (χ4n) is 3.09. The number of carbonyl (C=O) groups is 2. The Morgan fingerprint density at radius 3 is 2.49 bits per heavy atom. The molecular weight excluding hydrogens is 537 g/mol. The zero-order valence-electron chi connectivity index (χ0n) is 19.1. The Morgan fingerprint density at radius 1 is 1.11 bits per heavy atom. The van der Waals surface area contributed by atoms with Gasteiger partial charge < -0.3 is 10.1 Å². The number of ether oxygens (including phenoxy) is 1. The number of rotatable bonds is 9. The van der Waals surface area contributed by atoms with E-state index in [9.17, 15) is 14.0 Å². The van der Waals surface area contributed by atoms with Crippen LogP contribution in [0.2, 0.25) is 5.02 Å². The standard InChI is InChI=1S/C26H24BrClFN3O3/c1-16(2)24(31-25(33)18-8-10-20(29)11-9-18)26(34)32-30-14-17-7-12-23(21(27)13-17)35-15-19-5-3-4-6-22(19)28/h3-14,16,24H,15H2,1-2H3,(H,31,33)(H,32,34). The van der Waals surface area contributed by atoms with E-state index in [4.69, 9.17) is 16.3 Å². The highest BCUT2D eigenvalue weighted by molar-refractivity contribution is 9.10. The maximum Gasteiger partial charge on any atom is 0.262 e.